The van der Waals surface area contributed by atoms with Crippen molar-refractivity contribution in [2.24, 2.45) is 0 Å². The standard InChI is InChI=1S/C63H42N6.C5H8/c1-4-19-41(20-5-1)61-64-62(42-21-6-2-7-22-42)66-63(65-61)51-29-18-34-58(60(51)69-55-32-16-11-25-46(55)47-26-12-17-33-56(47)69)68-54-31-15-10-27-48(54)50-37-35-44(40-59(50)68)43-36-38-57-52(39-43)49-28-13-14-30-53(49)67(57)45-23-8-3-9-24-45;1-3-5-4-2/h1,3-6,8-40H,2,7H2;3-5H,1H2,2H3/b;5-4-. The van der Waals surface area contributed by atoms with E-state index in [9.17, 15) is 0 Å². The number of allylic oxidation sites excluding steroid dienone is 7. The van der Waals surface area contributed by atoms with Crippen molar-refractivity contribution >= 4 is 71.0 Å². The van der Waals surface area contributed by atoms with Crippen molar-refractivity contribution in [1.29, 1.82) is 0 Å². The molecule has 352 valence electrons. The van der Waals surface area contributed by atoms with Gasteiger partial charge in [0, 0.05) is 54.7 Å². The van der Waals surface area contributed by atoms with Gasteiger partial charge in [0.25, 0.3) is 0 Å². The molecule has 0 unspecified atom stereocenters. The van der Waals surface area contributed by atoms with E-state index in [4.69, 9.17) is 15.0 Å². The molecule has 1 aliphatic rings. The minimum absolute atomic E-state index is 0.613. The maximum Gasteiger partial charge on any atom is 0.166 e. The Hall–Kier alpha value is -9.65. The number of nitrogens with zero attached hydrogens (tertiary/aromatic N) is 6. The lowest BCUT2D eigenvalue weighted by Gasteiger charge is -2.20. The number of hydrogen-bond donors (Lipinski definition) is 0. The van der Waals surface area contributed by atoms with Gasteiger partial charge in [-0.15, -0.1) is 0 Å². The highest BCUT2D eigenvalue weighted by molar-refractivity contribution is 6.14. The molecule has 0 aliphatic heterocycles. The summed E-state index contributed by atoms with van der Waals surface area (Å²) in [5.41, 5.74) is 15.1. The van der Waals surface area contributed by atoms with E-state index in [1.54, 1.807) is 6.08 Å². The Kier molecular flexibility index (Phi) is 11.3. The van der Waals surface area contributed by atoms with Gasteiger partial charge in [-0.3, -0.25) is 0 Å². The van der Waals surface area contributed by atoms with Crippen molar-refractivity contribution < 1.29 is 0 Å². The Morgan fingerprint density at radius 2 is 0.959 bits per heavy atom. The maximum absolute atomic E-state index is 5.39. The van der Waals surface area contributed by atoms with Crippen molar-refractivity contribution in [3.05, 3.63) is 261 Å². The molecule has 74 heavy (non-hydrogen) atoms. The Balaban J connectivity index is 0.00000101. The highest BCUT2D eigenvalue weighted by atomic mass is 15.1. The first-order valence-electron chi connectivity index (χ1n) is 25.3. The van der Waals surface area contributed by atoms with Crippen LogP contribution < -0.4 is 0 Å². The molecule has 4 aromatic heterocycles. The first kappa shape index (κ1) is 44.3. The van der Waals surface area contributed by atoms with Gasteiger partial charge in [-0.2, -0.15) is 0 Å². The molecule has 0 N–H and O–H groups in total. The van der Waals surface area contributed by atoms with Gasteiger partial charge in [0.2, 0.25) is 0 Å². The summed E-state index contributed by atoms with van der Waals surface area (Å²) in [6.07, 6.45) is 14.1. The minimum atomic E-state index is 0.613. The fraction of sp³-hybridized carbons (Fsp3) is 0.0441. The molecule has 0 radical (unpaired) electrons. The van der Waals surface area contributed by atoms with Crippen LogP contribution in [-0.2, 0) is 0 Å². The van der Waals surface area contributed by atoms with E-state index in [1.807, 2.05) is 37.3 Å². The Morgan fingerprint density at radius 1 is 0.419 bits per heavy atom. The zero-order chi connectivity index (χ0) is 49.5. The first-order valence-corrected chi connectivity index (χ1v) is 25.3. The van der Waals surface area contributed by atoms with Gasteiger partial charge in [-0.05, 0) is 97.6 Å². The molecule has 0 bridgehead atoms. The van der Waals surface area contributed by atoms with Crippen LogP contribution in [0.15, 0.2) is 255 Å². The van der Waals surface area contributed by atoms with Crippen LogP contribution in [0.1, 0.15) is 25.6 Å². The molecule has 1 aliphatic carbocycles. The largest absolute Gasteiger partial charge is 0.309 e. The summed E-state index contributed by atoms with van der Waals surface area (Å²) >= 11 is 0. The van der Waals surface area contributed by atoms with Crippen LogP contribution in [0.25, 0.3) is 122 Å². The number of hydrogen-bond acceptors (Lipinski definition) is 3. The fourth-order valence-corrected chi connectivity index (χ4v) is 11.0. The van der Waals surface area contributed by atoms with Crippen LogP contribution in [0.2, 0.25) is 0 Å². The third-order valence-corrected chi connectivity index (χ3v) is 14.2. The smallest absolute Gasteiger partial charge is 0.166 e. The molecule has 0 saturated carbocycles. The number of para-hydroxylation sites is 6. The summed E-state index contributed by atoms with van der Waals surface area (Å²) in [6, 6.07) is 76.4. The Bertz CT molecular complexity index is 4340. The zero-order valence-electron chi connectivity index (χ0n) is 41.0. The predicted molar refractivity (Wildman–Crippen MR) is 311 cm³/mol. The van der Waals surface area contributed by atoms with Crippen LogP contribution >= 0.6 is 0 Å². The van der Waals surface area contributed by atoms with E-state index >= 15 is 0 Å². The quantitative estimate of drug-likeness (QED) is 0.143. The predicted octanol–water partition coefficient (Wildman–Crippen LogP) is 17.6. The van der Waals surface area contributed by atoms with Gasteiger partial charge >= 0.3 is 0 Å². The molecule has 9 aromatic carbocycles. The molecule has 13 aromatic rings. The van der Waals surface area contributed by atoms with Gasteiger partial charge in [0.15, 0.2) is 17.5 Å². The van der Waals surface area contributed by atoms with E-state index in [2.05, 4.69) is 233 Å². The lowest BCUT2D eigenvalue weighted by Crippen LogP contribution is -2.08. The van der Waals surface area contributed by atoms with Crippen molar-refractivity contribution in [2.45, 2.75) is 19.8 Å². The first-order chi connectivity index (χ1) is 36.7. The van der Waals surface area contributed by atoms with Gasteiger partial charge < -0.3 is 13.7 Å². The van der Waals surface area contributed by atoms with Gasteiger partial charge in [0.1, 0.15) is 0 Å². The third kappa shape index (κ3) is 7.55. The topological polar surface area (TPSA) is 53.5 Å². The van der Waals surface area contributed by atoms with Gasteiger partial charge in [-0.1, -0.05) is 189 Å². The SMILES string of the molecule is C1=CC(c2nc(-c3ccccc3)nc(-c3cccc(-n4c5ccccc5c5ccc(-c6ccc7c(c6)c6ccccc6n7-c6ccccc6)cc54)c3-n3c4ccccc4c4ccccc43)n2)=CCC1.C=C/C=C\C. The Labute approximate surface area is 429 Å². The van der Waals surface area contributed by atoms with Crippen molar-refractivity contribution in [3.8, 4) is 51.0 Å². The molecular formula is C68H50N6. The van der Waals surface area contributed by atoms with Gasteiger partial charge in [0.05, 0.1) is 44.5 Å². The van der Waals surface area contributed by atoms with E-state index in [1.165, 1.54) is 43.4 Å². The summed E-state index contributed by atoms with van der Waals surface area (Å²) in [5.74, 6) is 1.92. The molecule has 6 nitrogen and oxygen atoms in total. The molecule has 14 rings (SSSR count). The Morgan fingerprint density at radius 3 is 1.59 bits per heavy atom. The van der Waals surface area contributed by atoms with E-state index in [0.717, 1.165) is 79.8 Å². The fourth-order valence-electron chi connectivity index (χ4n) is 11.0. The molecule has 0 amide bonds. The number of aromatic nitrogens is 6. The van der Waals surface area contributed by atoms with Crippen molar-refractivity contribution in [2.75, 3.05) is 0 Å². The molecule has 0 atom stereocenters. The highest BCUT2D eigenvalue weighted by Gasteiger charge is 2.25. The van der Waals surface area contributed by atoms with Crippen molar-refractivity contribution in [3.63, 3.8) is 0 Å². The third-order valence-electron chi connectivity index (χ3n) is 14.2. The average Bonchev–Trinajstić information content (AvgIpc) is 4.11. The van der Waals surface area contributed by atoms with E-state index in [-0.39, 0.29) is 0 Å². The molecule has 6 heteroatoms. The number of rotatable bonds is 8. The summed E-state index contributed by atoms with van der Waals surface area (Å²) in [7, 11) is 0. The van der Waals surface area contributed by atoms with E-state index in [0.29, 0.717) is 17.5 Å². The highest BCUT2D eigenvalue weighted by Crippen LogP contribution is 2.43. The van der Waals surface area contributed by atoms with Crippen LogP contribution in [0.4, 0.5) is 0 Å². The normalized spacial score (nSPS) is 12.6. The molecule has 4 heterocycles. The summed E-state index contributed by atoms with van der Waals surface area (Å²) < 4.78 is 7.27. The van der Waals surface area contributed by atoms with E-state index < -0.39 is 0 Å². The summed E-state index contributed by atoms with van der Waals surface area (Å²) in [5, 5.41) is 7.18. The lowest BCUT2D eigenvalue weighted by atomic mass is 10.0. The zero-order valence-corrected chi connectivity index (χ0v) is 41.0. The van der Waals surface area contributed by atoms with Crippen LogP contribution in [-0.4, -0.2) is 28.7 Å². The average molecular weight is 951 g/mol. The molecule has 0 fully saturated rings. The summed E-state index contributed by atoms with van der Waals surface area (Å²) in [6.45, 7) is 5.42. The number of benzene rings is 9. The second-order valence-electron chi connectivity index (χ2n) is 18.6. The molecule has 0 saturated heterocycles. The molecule has 0 spiro atoms. The number of fused-ring (bicyclic) bond motifs is 9. The summed E-state index contributed by atoms with van der Waals surface area (Å²) in [4.78, 5) is 15.9. The van der Waals surface area contributed by atoms with Crippen molar-refractivity contribution in [1.82, 2.24) is 28.7 Å². The monoisotopic (exact) mass is 950 g/mol. The second-order valence-corrected chi connectivity index (χ2v) is 18.6. The lowest BCUT2D eigenvalue weighted by molar-refractivity contribution is 1.00. The maximum atomic E-state index is 5.39. The molecular weight excluding hydrogens is 901 g/mol. The van der Waals surface area contributed by atoms with Gasteiger partial charge in [-0.25, -0.2) is 15.0 Å². The second kappa shape index (κ2) is 18.8. The minimum Gasteiger partial charge on any atom is -0.309 e. The van der Waals surface area contributed by atoms with Crippen LogP contribution in [0.5, 0.6) is 0 Å². The van der Waals surface area contributed by atoms with Crippen LogP contribution in [0.3, 0.4) is 0 Å². The van der Waals surface area contributed by atoms with Crippen LogP contribution in [0, 0.1) is 0 Å².